The molecule has 7 rings (SSSR count). The summed E-state index contributed by atoms with van der Waals surface area (Å²) in [6, 6.07) is 41.3. The summed E-state index contributed by atoms with van der Waals surface area (Å²) in [6.07, 6.45) is 2.18. The molecule has 0 aliphatic rings. The van der Waals surface area contributed by atoms with Gasteiger partial charge >= 0.3 is 0 Å². The second-order valence-corrected chi connectivity index (χ2v) is 8.28. The maximum atomic E-state index is 2.41. The van der Waals surface area contributed by atoms with E-state index in [2.05, 4.69) is 130 Å². The van der Waals surface area contributed by atoms with Crippen LogP contribution in [0.25, 0.3) is 55.0 Å². The van der Waals surface area contributed by atoms with Crippen molar-refractivity contribution in [2.45, 2.75) is 0 Å². The van der Waals surface area contributed by atoms with Crippen LogP contribution in [0, 0.1) is 0 Å². The molecule has 0 fully saturated rings. The summed E-state index contributed by atoms with van der Waals surface area (Å²) in [5.74, 6) is 0. The van der Waals surface area contributed by atoms with Gasteiger partial charge in [0.25, 0.3) is 0 Å². The Morgan fingerprint density at radius 3 is 2.16 bits per heavy atom. The topological polar surface area (TPSA) is 9.34 Å². The number of pyridine rings is 1. The lowest BCUT2D eigenvalue weighted by Crippen LogP contribution is -1.94. The molecule has 0 spiro atoms. The lowest BCUT2D eigenvalue weighted by atomic mass is 10.0. The third-order valence-electron chi connectivity index (χ3n) is 6.49. The summed E-state index contributed by atoms with van der Waals surface area (Å²) in [7, 11) is 0. The minimum absolute atomic E-state index is 1.18. The Kier molecular flexibility index (Phi) is 3.58. The van der Waals surface area contributed by atoms with Gasteiger partial charge in [0.15, 0.2) is 0 Å². The highest BCUT2D eigenvalue weighted by atomic mass is 15.0. The Balaban J connectivity index is 1.71. The van der Waals surface area contributed by atoms with Crippen molar-refractivity contribution in [3.63, 3.8) is 0 Å². The first-order valence-corrected chi connectivity index (χ1v) is 11.0. The largest absolute Gasteiger partial charge is 0.314 e. The fourth-order valence-corrected chi connectivity index (χ4v) is 5.14. The van der Waals surface area contributed by atoms with Gasteiger partial charge in [-0.15, -0.1) is 0 Å². The molecule has 2 nitrogen and oxygen atoms in total. The number of nitrogens with zero attached hydrogens (tertiary/aromatic N) is 2. The van der Waals surface area contributed by atoms with E-state index in [0.29, 0.717) is 0 Å². The minimum atomic E-state index is 1.18. The summed E-state index contributed by atoms with van der Waals surface area (Å²) >= 11 is 0. The first-order valence-electron chi connectivity index (χ1n) is 11.0. The molecule has 7 aromatic rings. The summed E-state index contributed by atoms with van der Waals surface area (Å²) in [5, 5.41) is 5.10. The van der Waals surface area contributed by atoms with Crippen molar-refractivity contribution < 1.29 is 0 Å². The van der Waals surface area contributed by atoms with Crippen LogP contribution in [0.15, 0.2) is 121 Å². The second-order valence-electron chi connectivity index (χ2n) is 8.28. The smallest absolute Gasteiger partial charge is 0.0803 e. The van der Waals surface area contributed by atoms with Crippen LogP contribution in [0.4, 0.5) is 0 Å². The molecule has 0 aliphatic carbocycles. The van der Waals surface area contributed by atoms with E-state index in [1.165, 1.54) is 55.0 Å². The van der Waals surface area contributed by atoms with Gasteiger partial charge in [0.05, 0.1) is 22.2 Å². The highest BCUT2D eigenvalue weighted by Gasteiger charge is 2.22. The van der Waals surface area contributed by atoms with E-state index in [0.717, 1.165) is 0 Å². The molecule has 0 aliphatic heterocycles. The van der Waals surface area contributed by atoms with Crippen molar-refractivity contribution in [3.05, 3.63) is 121 Å². The minimum Gasteiger partial charge on any atom is -0.314 e. The quantitative estimate of drug-likeness (QED) is 0.275. The molecule has 32 heavy (non-hydrogen) atoms. The zero-order valence-corrected chi connectivity index (χ0v) is 17.4. The predicted molar refractivity (Wildman–Crippen MR) is 135 cm³/mol. The molecule has 3 heterocycles. The van der Waals surface area contributed by atoms with Crippen LogP contribution in [0.2, 0.25) is 0 Å². The number of rotatable bonds is 2. The van der Waals surface area contributed by atoms with Gasteiger partial charge < -0.3 is 8.97 Å². The Labute approximate surface area is 185 Å². The average molecular weight is 409 g/mol. The standard InChI is InChI=1S/C30H20N2/c1-2-12-24(13-3-1)32-26-15-7-6-14-25(26)28-29(31-19-9-8-16-27(31)30(28)32)23-18-17-21-10-4-5-11-22(21)20-23/h1-20H. The van der Waals surface area contributed by atoms with Gasteiger partial charge in [0.1, 0.15) is 0 Å². The summed E-state index contributed by atoms with van der Waals surface area (Å²) < 4.78 is 4.76. The van der Waals surface area contributed by atoms with Crippen molar-refractivity contribution in [2.24, 2.45) is 0 Å². The number of fused-ring (bicyclic) bond motifs is 6. The van der Waals surface area contributed by atoms with Crippen molar-refractivity contribution in [1.29, 1.82) is 0 Å². The number of hydrogen-bond acceptors (Lipinski definition) is 0. The number of para-hydroxylation sites is 2. The van der Waals surface area contributed by atoms with Crippen LogP contribution in [-0.2, 0) is 0 Å². The molecule has 0 bridgehead atoms. The molecule has 0 N–H and O–H groups in total. The van der Waals surface area contributed by atoms with Crippen molar-refractivity contribution >= 4 is 38.1 Å². The highest BCUT2D eigenvalue weighted by molar-refractivity contribution is 6.21. The molecule has 3 aromatic heterocycles. The van der Waals surface area contributed by atoms with Gasteiger partial charge in [0, 0.05) is 22.7 Å². The monoisotopic (exact) mass is 408 g/mol. The van der Waals surface area contributed by atoms with Gasteiger partial charge in [-0.25, -0.2) is 0 Å². The molecule has 0 unspecified atom stereocenters. The summed E-state index contributed by atoms with van der Waals surface area (Å²) in [6.45, 7) is 0. The van der Waals surface area contributed by atoms with Gasteiger partial charge in [0.2, 0.25) is 0 Å². The summed E-state index contributed by atoms with van der Waals surface area (Å²) in [4.78, 5) is 0. The summed E-state index contributed by atoms with van der Waals surface area (Å²) in [5.41, 5.74) is 7.35. The number of aromatic nitrogens is 2. The number of benzene rings is 4. The molecule has 0 saturated heterocycles. The second kappa shape index (κ2) is 6.60. The first-order chi connectivity index (χ1) is 15.9. The molecule has 4 aromatic carbocycles. The van der Waals surface area contributed by atoms with Crippen LogP contribution in [-0.4, -0.2) is 8.97 Å². The molecular weight excluding hydrogens is 388 g/mol. The molecule has 0 radical (unpaired) electrons. The first kappa shape index (κ1) is 17.4. The number of hydrogen-bond donors (Lipinski definition) is 0. The molecule has 150 valence electrons. The van der Waals surface area contributed by atoms with E-state index in [1.807, 2.05) is 0 Å². The zero-order chi connectivity index (χ0) is 21.1. The molecule has 0 saturated carbocycles. The van der Waals surface area contributed by atoms with E-state index in [9.17, 15) is 0 Å². The van der Waals surface area contributed by atoms with Gasteiger partial charge in [-0.2, -0.15) is 0 Å². The van der Waals surface area contributed by atoms with Gasteiger partial charge in [-0.3, -0.25) is 0 Å². The predicted octanol–water partition coefficient (Wildman–Crippen LogP) is 7.86. The van der Waals surface area contributed by atoms with E-state index in [-0.39, 0.29) is 0 Å². The van der Waals surface area contributed by atoms with Crippen LogP contribution in [0.3, 0.4) is 0 Å². The zero-order valence-electron chi connectivity index (χ0n) is 17.4. The SMILES string of the molecule is c1ccc(-n2c3ccccc3c3c(-c4ccc5ccccc5c4)n4ccccc4c32)cc1. The Bertz CT molecular complexity index is 1760. The van der Waals surface area contributed by atoms with E-state index in [1.54, 1.807) is 0 Å². The normalized spacial score (nSPS) is 11.8. The molecule has 0 atom stereocenters. The highest BCUT2D eigenvalue weighted by Crippen LogP contribution is 2.42. The van der Waals surface area contributed by atoms with Gasteiger partial charge in [-0.1, -0.05) is 78.9 Å². The fourth-order valence-electron chi connectivity index (χ4n) is 5.14. The van der Waals surface area contributed by atoms with E-state index in [4.69, 9.17) is 0 Å². The lowest BCUT2D eigenvalue weighted by Gasteiger charge is -2.09. The molecular formula is C30H20N2. The Hall–Kier alpha value is -4.30. The van der Waals surface area contributed by atoms with Crippen molar-refractivity contribution in [1.82, 2.24) is 8.97 Å². The fraction of sp³-hybridized carbons (Fsp3) is 0. The van der Waals surface area contributed by atoms with Crippen molar-refractivity contribution in [3.8, 4) is 16.9 Å². The third-order valence-corrected chi connectivity index (χ3v) is 6.49. The third kappa shape index (κ3) is 2.35. The molecule has 2 heteroatoms. The van der Waals surface area contributed by atoms with Crippen LogP contribution < -0.4 is 0 Å². The van der Waals surface area contributed by atoms with Crippen LogP contribution in [0.1, 0.15) is 0 Å². The van der Waals surface area contributed by atoms with Crippen LogP contribution >= 0.6 is 0 Å². The van der Waals surface area contributed by atoms with Crippen molar-refractivity contribution in [2.75, 3.05) is 0 Å². The van der Waals surface area contributed by atoms with E-state index >= 15 is 0 Å². The Morgan fingerprint density at radius 2 is 1.25 bits per heavy atom. The maximum absolute atomic E-state index is 2.41. The van der Waals surface area contributed by atoms with Gasteiger partial charge in [-0.05, 0) is 52.7 Å². The average Bonchev–Trinajstić information content (AvgIpc) is 3.37. The lowest BCUT2D eigenvalue weighted by molar-refractivity contribution is 1.17. The van der Waals surface area contributed by atoms with E-state index < -0.39 is 0 Å². The molecule has 0 amide bonds. The van der Waals surface area contributed by atoms with Crippen LogP contribution in [0.5, 0.6) is 0 Å². The Morgan fingerprint density at radius 1 is 0.531 bits per heavy atom. The maximum Gasteiger partial charge on any atom is 0.0803 e.